The number of likely N-dealkylation sites (N-methyl/N-ethyl adjacent to an activating group) is 1. The number of hydrogen-bond donors (Lipinski definition) is 2. The molecule has 1 rings (SSSR count). The fourth-order valence-electron chi connectivity index (χ4n) is 2.14. The Kier molecular flexibility index (Phi) is 9.20. The summed E-state index contributed by atoms with van der Waals surface area (Å²) in [6.07, 6.45) is 3.14. The highest BCUT2D eigenvalue weighted by molar-refractivity contribution is 8.05. The third kappa shape index (κ3) is 7.81. The summed E-state index contributed by atoms with van der Waals surface area (Å²) in [5.74, 6) is 2.39. The minimum absolute atomic E-state index is 0.439. The zero-order chi connectivity index (χ0) is 17.2. The molecule has 1 unspecified atom stereocenters. The lowest BCUT2D eigenvalue weighted by Gasteiger charge is -2.26. The van der Waals surface area contributed by atoms with Gasteiger partial charge < -0.3 is 15.5 Å². The lowest BCUT2D eigenvalue weighted by Crippen LogP contribution is -2.27. The Balaban J connectivity index is 2.37. The average molecular weight is 359 g/mol. The van der Waals surface area contributed by atoms with Crippen molar-refractivity contribution in [1.82, 2.24) is 15.5 Å². The fraction of sp³-hybridized carbons (Fsp3) is 0.600. The standard InChI is InChI=1S/C15H26N4O2S2/c1-12-5-7-23-14(13(12)9-18(3)4)11-22-8-6-17-15(16-2)10-19(20)21/h5,7,10,14,16-17H,6,8-9,11H2,1-4H3. The highest BCUT2D eigenvalue weighted by atomic mass is 32.2. The summed E-state index contributed by atoms with van der Waals surface area (Å²) in [5.41, 5.74) is 2.86. The Morgan fingerprint density at radius 1 is 1.57 bits per heavy atom. The van der Waals surface area contributed by atoms with E-state index in [1.165, 1.54) is 11.1 Å². The van der Waals surface area contributed by atoms with E-state index >= 15 is 0 Å². The quantitative estimate of drug-likeness (QED) is 0.352. The maximum Gasteiger partial charge on any atom is 0.274 e. The first-order chi connectivity index (χ1) is 10.9. The maximum absolute atomic E-state index is 10.4. The predicted octanol–water partition coefficient (Wildman–Crippen LogP) is 2.11. The van der Waals surface area contributed by atoms with Crippen molar-refractivity contribution in [2.45, 2.75) is 12.2 Å². The Hall–Kier alpha value is -1.12. The molecule has 1 heterocycles. The van der Waals surface area contributed by atoms with Crippen molar-refractivity contribution in [3.8, 4) is 0 Å². The summed E-state index contributed by atoms with van der Waals surface area (Å²) in [6.45, 7) is 3.86. The third-order valence-corrected chi connectivity index (χ3v) is 5.62. The van der Waals surface area contributed by atoms with Crippen LogP contribution >= 0.6 is 23.5 Å². The summed E-state index contributed by atoms with van der Waals surface area (Å²) in [5, 5.41) is 18.9. The molecule has 0 radical (unpaired) electrons. The van der Waals surface area contributed by atoms with Gasteiger partial charge in [-0.15, -0.1) is 11.8 Å². The second-order valence-corrected chi connectivity index (χ2v) is 7.72. The zero-order valence-electron chi connectivity index (χ0n) is 14.2. The van der Waals surface area contributed by atoms with Crippen molar-refractivity contribution in [1.29, 1.82) is 0 Å². The van der Waals surface area contributed by atoms with Crippen molar-refractivity contribution in [2.24, 2.45) is 0 Å². The first-order valence-electron chi connectivity index (χ1n) is 7.45. The van der Waals surface area contributed by atoms with Gasteiger partial charge in [-0.3, -0.25) is 10.1 Å². The molecule has 0 aromatic carbocycles. The molecule has 0 fully saturated rings. The summed E-state index contributed by atoms with van der Waals surface area (Å²) >= 11 is 3.74. The number of nitro groups is 1. The monoisotopic (exact) mass is 358 g/mol. The first-order valence-corrected chi connectivity index (χ1v) is 9.54. The summed E-state index contributed by atoms with van der Waals surface area (Å²) in [6, 6.07) is 0. The molecule has 1 aliphatic rings. The topological polar surface area (TPSA) is 70.4 Å². The van der Waals surface area contributed by atoms with Gasteiger partial charge in [0.2, 0.25) is 0 Å². The SMILES string of the molecule is CNC(=C[N+](=O)[O-])NCCSCC1SC=CC(C)=C1CN(C)C. The number of nitrogens with zero attached hydrogens (tertiary/aromatic N) is 2. The van der Waals surface area contributed by atoms with Gasteiger partial charge in [0.1, 0.15) is 0 Å². The van der Waals surface area contributed by atoms with Crippen LogP contribution < -0.4 is 10.6 Å². The molecule has 0 saturated carbocycles. The minimum Gasteiger partial charge on any atom is -0.370 e. The third-order valence-electron chi connectivity index (χ3n) is 3.28. The van der Waals surface area contributed by atoms with Crippen LogP contribution in [-0.4, -0.2) is 60.8 Å². The number of rotatable bonds is 10. The molecule has 0 aromatic heterocycles. The molecule has 6 nitrogen and oxygen atoms in total. The predicted molar refractivity (Wildman–Crippen MR) is 101 cm³/mol. The highest BCUT2D eigenvalue weighted by Gasteiger charge is 2.19. The molecule has 2 N–H and O–H groups in total. The second-order valence-electron chi connectivity index (χ2n) is 5.45. The summed E-state index contributed by atoms with van der Waals surface area (Å²) in [7, 11) is 5.86. The van der Waals surface area contributed by atoms with Crippen LogP contribution in [0.25, 0.3) is 0 Å². The zero-order valence-corrected chi connectivity index (χ0v) is 15.8. The minimum atomic E-state index is -0.460. The average Bonchev–Trinajstić information content (AvgIpc) is 2.48. The molecule has 0 saturated heterocycles. The summed E-state index contributed by atoms with van der Waals surface area (Å²) < 4.78 is 0. The molecule has 0 spiro atoms. The van der Waals surface area contributed by atoms with E-state index in [4.69, 9.17) is 0 Å². The van der Waals surface area contributed by atoms with Gasteiger partial charge in [0, 0.05) is 36.9 Å². The van der Waals surface area contributed by atoms with Crippen molar-refractivity contribution >= 4 is 23.5 Å². The fourth-order valence-corrected chi connectivity index (χ4v) is 4.47. The van der Waals surface area contributed by atoms with Crippen molar-refractivity contribution in [3.63, 3.8) is 0 Å². The van der Waals surface area contributed by atoms with E-state index in [0.29, 0.717) is 17.6 Å². The van der Waals surface area contributed by atoms with E-state index in [9.17, 15) is 10.1 Å². The van der Waals surface area contributed by atoms with Gasteiger partial charge >= 0.3 is 0 Å². The van der Waals surface area contributed by atoms with Crippen LogP contribution in [0.3, 0.4) is 0 Å². The van der Waals surface area contributed by atoms with Crippen molar-refractivity contribution in [3.05, 3.63) is 44.8 Å². The van der Waals surface area contributed by atoms with E-state index in [0.717, 1.165) is 24.3 Å². The van der Waals surface area contributed by atoms with Crippen molar-refractivity contribution < 1.29 is 4.92 Å². The number of thioether (sulfide) groups is 2. The van der Waals surface area contributed by atoms with Crippen LogP contribution in [0.15, 0.2) is 34.7 Å². The second kappa shape index (κ2) is 10.6. The first kappa shape index (κ1) is 19.9. The van der Waals surface area contributed by atoms with Gasteiger partial charge in [0.15, 0.2) is 5.82 Å². The molecule has 0 aromatic rings. The molecule has 130 valence electrons. The number of hydrogen-bond acceptors (Lipinski definition) is 7. The Labute approximate surface area is 147 Å². The van der Waals surface area contributed by atoms with E-state index in [-0.39, 0.29) is 0 Å². The lowest BCUT2D eigenvalue weighted by atomic mass is 10.1. The number of allylic oxidation sites excluding steroid dienone is 2. The maximum atomic E-state index is 10.4. The summed E-state index contributed by atoms with van der Waals surface area (Å²) in [4.78, 5) is 12.2. The van der Waals surface area contributed by atoms with Gasteiger partial charge in [0.05, 0.1) is 4.92 Å². The molecule has 1 aliphatic heterocycles. The van der Waals surface area contributed by atoms with Crippen LogP contribution in [0, 0.1) is 10.1 Å². The molecule has 0 bridgehead atoms. The van der Waals surface area contributed by atoms with Crippen LogP contribution in [0.4, 0.5) is 0 Å². The van der Waals surface area contributed by atoms with Crippen molar-refractivity contribution in [2.75, 3.05) is 45.7 Å². The lowest BCUT2D eigenvalue weighted by molar-refractivity contribution is -0.404. The van der Waals surface area contributed by atoms with E-state index in [1.807, 2.05) is 23.5 Å². The van der Waals surface area contributed by atoms with Crippen LogP contribution in [0.5, 0.6) is 0 Å². The molecule has 0 aliphatic carbocycles. The van der Waals surface area contributed by atoms with Gasteiger partial charge in [-0.1, -0.05) is 6.08 Å². The number of nitrogens with one attached hydrogen (secondary N) is 2. The molecule has 23 heavy (non-hydrogen) atoms. The van der Waals surface area contributed by atoms with Gasteiger partial charge in [0.25, 0.3) is 6.20 Å². The molecule has 0 amide bonds. The molecular formula is C15H26N4O2S2. The van der Waals surface area contributed by atoms with Crippen LogP contribution in [0.2, 0.25) is 0 Å². The molecule has 1 atom stereocenters. The van der Waals surface area contributed by atoms with Gasteiger partial charge in [-0.05, 0) is 37.6 Å². The van der Waals surface area contributed by atoms with Gasteiger partial charge in [-0.2, -0.15) is 11.8 Å². The van der Waals surface area contributed by atoms with Crippen LogP contribution in [-0.2, 0) is 0 Å². The van der Waals surface area contributed by atoms with Gasteiger partial charge in [-0.25, -0.2) is 0 Å². The Morgan fingerprint density at radius 3 is 2.91 bits per heavy atom. The smallest absolute Gasteiger partial charge is 0.274 e. The van der Waals surface area contributed by atoms with E-state index in [1.54, 1.807) is 7.05 Å². The highest BCUT2D eigenvalue weighted by Crippen LogP contribution is 2.31. The van der Waals surface area contributed by atoms with E-state index < -0.39 is 4.92 Å². The Morgan fingerprint density at radius 2 is 2.30 bits per heavy atom. The molecular weight excluding hydrogens is 332 g/mol. The van der Waals surface area contributed by atoms with Crippen LogP contribution in [0.1, 0.15) is 6.92 Å². The van der Waals surface area contributed by atoms with E-state index in [2.05, 4.69) is 48.0 Å². The normalized spacial score (nSPS) is 18.5. The largest absolute Gasteiger partial charge is 0.370 e. The Bertz CT molecular complexity index is 490. The molecule has 8 heteroatoms.